The lowest BCUT2D eigenvalue weighted by Gasteiger charge is -2.28. The van der Waals surface area contributed by atoms with E-state index in [1.54, 1.807) is 13.8 Å². The Morgan fingerprint density at radius 1 is 0.745 bits per heavy atom. The highest BCUT2D eigenvalue weighted by atomic mass is 16.4. The van der Waals surface area contributed by atoms with Gasteiger partial charge in [0.05, 0.1) is 25.2 Å². The predicted molar refractivity (Wildman–Crippen MR) is 180 cm³/mol. The Morgan fingerprint density at radius 3 is 1.78 bits per heavy atom. The van der Waals surface area contributed by atoms with Crippen LogP contribution in [0, 0.1) is 5.92 Å². The first-order valence-electron chi connectivity index (χ1n) is 16.4. The number of nitrogens with one attached hydrogen (secondary N) is 5. The number of aliphatic hydroxyl groups is 2. The molecule has 19 nitrogen and oxygen atoms in total. The van der Waals surface area contributed by atoms with Gasteiger partial charge in [0.2, 0.25) is 29.5 Å². The van der Waals surface area contributed by atoms with Gasteiger partial charge in [0.1, 0.15) is 36.0 Å². The molecule has 51 heavy (non-hydrogen) atoms. The van der Waals surface area contributed by atoms with Crippen LogP contribution in [0.3, 0.4) is 0 Å². The lowest BCUT2D eigenvalue weighted by Crippen LogP contribution is -2.62. The summed E-state index contributed by atoms with van der Waals surface area (Å²) >= 11 is 0. The zero-order chi connectivity index (χ0) is 38.8. The maximum atomic E-state index is 13.4. The lowest BCUT2D eigenvalue weighted by atomic mass is 9.97. The van der Waals surface area contributed by atoms with Gasteiger partial charge in [0.15, 0.2) is 0 Å². The third-order valence-electron chi connectivity index (χ3n) is 7.97. The zero-order valence-electron chi connectivity index (χ0n) is 28.8. The topological polar surface area (TPSA) is 333 Å². The van der Waals surface area contributed by atoms with E-state index in [0.29, 0.717) is 24.8 Å². The highest BCUT2D eigenvalue weighted by Gasteiger charge is 2.35. The summed E-state index contributed by atoms with van der Waals surface area (Å²) in [5.41, 5.74) is 11.7. The van der Waals surface area contributed by atoms with E-state index < -0.39 is 103 Å². The minimum atomic E-state index is -1.72. The summed E-state index contributed by atoms with van der Waals surface area (Å²) in [6.45, 7) is 3.75. The summed E-state index contributed by atoms with van der Waals surface area (Å²) < 4.78 is 0. The van der Waals surface area contributed by atoms with Gasteiger partial charge in [-0.25, -0.2) is 4.79 Å². The van der Waals surface area contributed by atoms with Gasteiger partial charge >= 0.3 is 11.9 Å². The Hall–Kier alpha value is -4.85. The van der Waals surface area contributed by atoms with Crippen LogP contribution in [-0.4, -0.2) is 123 Å². The summed E-state index contributed by atoms with van der Waals surface area (Å²) in [5, 5.41) is 60.2. The van der Waals surface area contributed by atoms with Gasteiger partial charge in [-0.1, -0.05) is 32.4 Å². The largest absolute Gasteiger partial charge is 0.508 e. The molecule has 0 spiro atoms. The van der Waals surface area contributed by atoms with E-state index >= 15 is 0 Å². The first-order valence-corrected chi connectivity index (χ1v) is 16.4. The Morgan fingerprint density at radius 2 is 1.27 bits per heavy atom. The number of aliphatic hydroxyl groups excluding tert-OH is 2. The minimum Gasteiger partial charge on any atom is -0.508 e. The monoisotopic (exact) mass is 725 g/mol. The molecule has 5 amide bonds. The van der Waals surface area contributed by atoms with Crippen molar-refractivity contribution in [2.75, 3.05) is 13.2 Å². The first-order chi connectivity index (χ1) is 23.9. The quantitative estimate of drug-likeness (QED) is 0.0495. The molecule has 19 heteroatoms. The van der Waals surface area contributed by atoms with Gasteiger partial charge in [0.25, 0.3) is 0 Å². The van der Waals surface area contributed by atoms with Crippen molar-refractivity contribution in [2.24, 2.45) is 17.4 Å². The Balaban J connectivity index is 3.12. The highest BCUT2D eigenvalue weighted by Crippen LogP contribution is 2.13. The first kappa shape index (κ1) is 44.2. The zero-order valence-corrected chi connectivity index (χ0v) is 28.8. The van der Waals surface area contributed by atoms with Crippen molar-refractivity contribution in [1.29, 1.82) is 0 Å². The molecule has 0 saturated heterocycles. The molecule has 0 fully saturated rings. The molecule has 8 atom stereocenters. The molecule has 0 unspecified atom stereocenters. The fourth-order valence-corrected chi connectivity index (χ4v) is 4.72. The average molecular weight is 726 g/mol. The summed E-state index contributed by atoms with van der Waals surface area (Å²) in [4.78, 5) is 88.3. The number of phenolic OH excluding ortho intramolecular Hbond substituents is 1. The maximum absolute atomic E-state index is 13.4. The number of carboxylic acids is 2. The molecule has 1 rings (SSSR count). The molecule has 0 aliphatic heterocycles. The SMILES string of the molecule is CC[C@H](C)[C@H](NC(=O)[C@@H](N)CC(=O)O)C(=O)N[C@@H](CO)C(=O)N[C@H](C(=O)N[C@@H](CCCCN)C(=O)N[C@@H](Cc1ccc(O)cc1)C(=O)O)[C@@H](C)O. The van der Waals surface area contributed by atoms with Crippen LogP contribution in [0.2, 0.25) is 0 Å². The number of hydrogen-bond acceptors (Lipinski definition) is 12. The molecule has 0 heterocycles. The summed E-state index contributed by atoms with van der Waals surface area (Å²) in [7, 11) is 0. The lowest BCUT2D eigenvalue weighted by molar-refractivity contribution is -0.142. The van der Waals surface area contributed by atoms with Crippen LogP contribution < -0.4 is 38.1 Å². The molecule has 286 valence electrons. The Kier molecular flexibility index (Phi) is 19.1. The number of benzene rings is 1. The molecule has 0 aromatic heterocycles. The molecule has 0 aliphatic carbocycles. The number of carboxylic acid groups (broad SMARTS) is 2. The number of aliphatic carboxylic acids is 2. The number of rotatable bonds is 23. The van der Waals surface area contributed by atoms with Crippen molar-refractivity contribution in [1.82, 2.24) is 26.6 Å². The number of amides is 5. The second-order valence-corrected chi connectivity index (χ2v) is 12.2. The molecular formula is C32H51N7O12. The van der Waals surface area contributed by atoms with Gasteiger partial charge in [0, 0.05) is 6.42 Å². The number of unbranched alkanes of at least 4 members (excludes halogenated alkanes) is 1. The number of phenols is 1. The fraction of sp³-hybridized carbons (Fsp3) is 0.594. The minimum absolute atomic E-state index is 0.00889. The molecule has 1 aromatic carbocycles. The summed E-state index contributed by atoms with van der Waals surface area (Å²) in [6, 6.07) is -3.27. The van der Waals surface area contributed by atoms with E-state index in [4.69, 9.17) is 16.6 Å². The summed E-state index contributed by atoms with van der Waals surface area (Å²) in [5.74, 6) is -8.18. The standard InChI is InChI=1S/C32H51N7O12/c1-4-16(2)25(38-27(45)20(34)14-24(43)44)30(48)37-23(15-40)29(47)39-26(17(3)41)31(49)35-21(7-5-6-12-33)28(46)36-22(32(50)51)13-18-8-10-19(42)11-9-18/h8-11,16-17,20-23,25-26,40-42H,4-7,12-15,33-34H2,1-3H3,(H,35,49)(H,36,46)(H,37,48)(H,38,45)(H,39,47)(H,43,44)(H,50,51)/t16-,17+,20-,21-,22-,23-,25-,26-/m0/s1. The van der Waals surface area contributed by atoms with E-state index in [9.17, 15) is 54.0 Å². The van der Waals surface area contributed by atoms with Crippen LogP contribution >= 0.6 is 0 Å². The van der Waals surface area contributed by atoms with Crippen LogP contribution in [0.1, 0.15) is 58.4 Å². The Labute approximate surface area is 294 Å². The maximum Gasteiger partial charge on any atom is 0.326 e. The van der Waals surface area contributed by atoms with Crippen LogP contribution in [0.5, 0.6) is 5.75 Å². The number of hydrogen-bond donors (Lipinski definition) is 12. The second-order valence-electron chi connectivity index (χ2n) is 12.2. The molecule has 0 aliphatic rings. The van der Waals surface area contributed by atoms with E-state index in [1.165, 1.54) is 24.3 Å². The Bertz CT molecular complexity index is 1340. The molecule has 0 bridgehead atoms. The smallest absolute Gasteiger partial charge is 0.326 e. The number of nitrogens with two attached hydrogens (primary N) is 2. The molecule has 14 N–H and O–H groups in total. The fourth-order valence-electron chi connectivity index (χ4n) is 4.72. The molecular weight excluding hydrogens is 674 g/mol. The third kappa shape index (κ3) is 15.3. The van der Waals surface area contributed by atoms with Crippen molar-refractivity contribution >= 4 is 41.5 Å². The van der Waals surface area contributed by atoms with E-state index in [0.717, 1.165) is 6.92 Å². The second kappa shape index (κ2) is 22.1. The van der Waals surface area contributed by atoms with Gasteiger partial charge in [-0.3, -0.25) is 28.8 Å². The molecule has 0 radical (unpaired) electrons. The van der Waals surface area contributed by atoms with Crippen LogP contribution in [0.25, 0.3) is 0 Å². The molecule has 0 saturated carbocycles. The van der Waals surface area contributed by atoms with Crippen LogP contribution in [0.15, 0.2) is 24.3 Å². The van der Waals surface area contributed by atoms with Gasteiger partial charge < -0.3 is 63.6 Å². The highest BCUT2D eigenvalue weighted by molar-refractivity contribution is 5.97. The van der Waals surface area contributed by atoms with Crippen molar-refractivity contribution in [3.63, 3.8) is 0 Å². The number of carbonyl (C=O) groups excluding carboxylic acids is 5. The van der Waals surface area contributed by atoms with Crippen molar-refractivity contribution in [3.05, 3.63) is 29.8 Å². The number of carbonyl (C=O) groups is 7. The molecule has 1 aromatic rings. The van der Waals surface area contributed by atoms with Gasteiger partial charge in [-0.2, -0.15) is 0 Å². The van der Waals surface area contributed by atoms with Gasteiger partial charge in [-0.15, -0.1) is 0 Å². The van der Waals surface area contributed by atoms with Crippen LogP contribution in [-0.2, 0) is 40.0 Å². The van der Waals surface area contributed by atoms with Crippen molar-refractivity contribution in [3.8, 4) is 5.75 Å². The van der Waals surface area contributed by atoms with Crippen molar-refractivity contribution < 1.29 is 59.1 Å². The van der Waals surface area contributed by atoms with Gasteiger partial charge in [-0.05, 0) is 56.3 Å². The van der Waals surface area contributed by atoms with E-state index in [-0.39, 0.29) is 25.1 Å². The summed E-state index contributed by atoms with van der Waals surface area (Å²) in [6.07, 6.45) is -1.27. The van der Waals surface area contributed by atoms with Crippen molar-refractivity contribution in [2.45, 2.75) is 102 Å². The van der Waals surface area contributed by atoms with E-state index in [1.807, 2.05) is 0 Å². The normalized spacial score (nSPS) is 15.7. The predicted octanol–water partition coefficient (Wildman–Crippen LogP) is -3.21. The van der Waals surface area contributed by atoms with E-state index in [2.05, 4.69) is 26.6 Å². The number of aromatic hydroxyl groups is 1. The third-order valence-corrected chi connectivity index (χ3v) is 7.97. The van der Waals surface area contributed by atoms with Crippen LogP contribution in [0.4, 0.5) is 0 Å². The average Bonchev–Trinajstić information content (AvgIpc) is 3.07.